The van der Waals surface area contributed by atoms with Crippen LogP contribution in [0.4, 0.5) is 10.9 Å². The van der Waals surface area contributed by atoms with Crippen molar-refractivity contribution < 1.29 is 4.79 Å². The summed E-state index contributed by atoms with van der Waals surface area (Å²) in [6, 6.07) is 0.213. The second-order valence-corrected chi connectivity index (χ2v) is 5.53. The maximum Gasteiger partial charge on any atom is 0.223 e. The van der Waals surface area contributed by atoms with Crippen LogP contribution in [0, 0.1) is 0 Å². The molecule has 104 valence electrons. The Morgan fingerprint density at radius 1 is 1.50 bits per heavy atom. The number of nitrogens with one attached hydrogen (secondary N) is 1. The van der Waals surface area contributed by atoms with Crippen LogP contribution < -0.4 is 10.2 Å². The Morgan fingerprint density at radius 3 is 3.15 bits per heavy atom. The van der Waals surface area contributed by atoms with E-state index >= 15 is 0 Å². The first-order valence-corrected chi connectivity index (χ1v) is 7.37. The molecule has 6 nitrogen and oxygen atoms in total. The third-order valence-corrected chi connectivity index (χ3v) is 4.02. The van der Waals surface area contributed by atoms with Crippen LogP contribution in [0.1, 0.15) is 31.5 Å². The molecule has 1 N–H and O–H groups in total. The molecule has 0 aliphatic carbocycles. The second kappa shape index (κ2) is 5.54. The van der Waals surface area contributed by atoms with E-state index in [-0.39, 0.29) is 11.9 Å². The van der Waals surface area contributed by atoms with Gasteiger partial charge >= 0.3 is 0 Å². The van der Waals surface area contributed by atoms with E-state index in [0.717, 1.165) is 30.9 Å². The minimum absolute atomic E-state index is 0.0943. The van der Waals surface area contributed by atoms with Gasteiger partial charge in [-0.1, -0.05) is 0 Å². The van der Waals surface area contributed by atoms with Gasteiger partial charge in [-0.2, -0.15) is 0 Å². The van der Waals surface area contributed by atoms with Crippen LogP contribution in [0.25, 0.3) is 0 Å². The van der Waals surface area contributed by atoms with Gasteiger partial charge in [0.1, 0.15) is 5.82 Å². The predicted molar refractivity (Wildman–Crippen MR) is 77.8 cm³/mol. The number of aromatic nitrogens is 3. The first-order chi connectivity index (χ1) is 9.74. The van der Waals surface area contributed by atoms with Gasteiger partial charge < -0.3 is 10.2 Å². The molecule has 0 bridgehead atoms. The molecule has 1 amide bonds. The van der Waals surface area contributed by atoms with E-state index in [9.17, 15) is 4.79 Å². The zero-order valence-corrected chi connectivity index (χ0v) is 11.9. The number of hydrogen-bond acceptors (Lipinski definition) is 6. The summed E-state index contributed by atoms with van der Waals surface area (Å²) in [5.41, 5.74) is 0.988. The van der Waals surface area contributed by atoms with Crippen LogP contribution in [0.2, 0.25) is 0 Å². The molecule has 20 heavy (non-hydrogen) atoms. The van der Waals surface area contributed by atoms with E-state index in [2.05, 4.69) is 25.2 Å². The summed E-state index contributed by atoms with van der Waals surface area (Å²) in [6.07, 6.45) is 7.30. The smallest absolute Gasteiger partial charge is 0.223 e. The van der Waals surface area contributed by atoms with Crippen LogP contribution in [-0.4, -0.2) is 27.4 Å². The average Bonchev–Trinajstić information content (AvgIpc) is 3.07. The van der Waals surface area contributed by atoms with E-state index in [0.29, 0.717) is 5.13 Å². The Labute approximate surface area is 120 Å². The van der Waals surface area contributed by atoms with Crippen molar-refractivity contribution in [2.24, 2.45) is 0 Å². The molecule has 1 aliphatic heterocycles. The van der Waals surface area contributed by atoms with Crippen molar-refractivity contribution >= 4 is 28.2 Å². The Kier molecular flexibility index (Phi) is 3.60. The molecule has 0 aromatic carbocycles. The van der Waals surface area contributed by atoms with Crippen molar-refractivity contribution in [2.75, 3.05) is 16.8 Å². The maximum absolute atomic E-state index is 11.1. The monoisotopic (exact) mass is 289 g/mol. The average molecular weight is 289 g/mol. The van der Waals surface area contributed by atoms with E-state index < -0.39 is 0 Å². The molecule has 1 fully saturated rings. The fourth-order valence-electron chi connectivity index (χ4n) is 2.44. The Bertz CT molecular complexity index is 600. The molecular formula is C13H15N5OS. The lowest BCUT2D eigenvalue weighted by Crippen LogP contribution is -2.23. The summed E-state index contributed by atoms with van der Waals surface area (Å²) in [5, 5.41) is 5.38. The molecule has 3 rings (SSSR count). The lowest BCUT2D eigenvalue weighted by atomic mass is 10.2. The van der Waals surface area contributed by atoms with Crippen molar-refractivity contribution in [1.82, 2.24) is 15.0 Å². The van der Waals surface area contributed by atoms with Gasteiger partial charge in [-0.05, 0) is 12.8 Å². The molecule has 3 heterocycles. The number of nitrogens with zero attached hydrogens (tertiary/aromatic N) is 4. The number of rotatable bonds is 3. The standard InChI is InChI=1S/C13H15N5OS/c1-9(19)16-13-17-10(8-20-13)11-3-2-6-18(11)12-7-14-4-5-15-12/h4-5,7-8,11H,2-3,6H2,1H3,(H,16,17,19). The number of carbonyl (C=O) groups is 1. The highest BCUT2D eigenvalue weighted by atomic mass is 32.1. The number of amides is 1. The van der Waals surface area contributed by atoms with Crippen LogP contribution in [0.3, 0.4) is 0 Å². The summed E-state index contributed by atoms with van der Waals surface area (Å²) in [6.45, 7) is 2.44. The van der Waals surface area contributed by atoms with Gasteiger partial charge in [-0.15, -0.1) is 11.3 Å². The van der Waals surface area contributed by atoms with E-state index in [1.807, 2.05) is 5.38 Å². The molecule has 0 saturated carbocycles. The highest BCUT2D eigenvalue weighted by Gasteiger charge is 2.29. The van der Waals surface area contributed by atoms with Gasteiger partial charge in [-0.25, -0.2) is 9.97 Å². The Morgan fingerprint density at radius 2 is 2.40 bits per heavy atom. The second-order valence-electron chi connectivity index (χ2n) is 4.67. The molecule has 0 spiro atoms. The van der Waals surface area contributed by atoms with Gasteiger partial charge in [0.15, 0.2) is 5.13 Å². The Balaban J connectivity index is 1.82. The topological polar surface area (TPSA) is 71.0 Å². The number of hydrogen-bond donors (Lipinski definition) is 1. The highest BCUT2D eigenvalue weighted by molar-refractivity contribution is 7.13. The maximum atomic E-state index is 11.1. The van der Waals surface area contributed by atoms with E-state index in [1.54, 1.807) is 18.6 Å². The first-order valence-electron chi connectivity index (χ1n) is 6.50. The summed E-state index contributed by atoms with van der Waals surface area (Å²) in [5.74, 6) is 0.784. The van der Waals surface area contributed by atoms with Gasteiger partial charge in [0.2, 0.25) is 5.91 Å². The zero-order chi connectivity index (χ0) is 13.9. The van der Waals surface area contributed by atoms with Crippen LogP contribution in [0.5, 0.6) is 0 Å². The molecular weight excluding hydrogens is 274 g/mol. The van der Waals surface area contributed by atoms with Crippen molar-refractivity contribution in [1.29, 1.82) is 0 Å². The minimum Gasteiger partial charge on any atom is -0.347 e. The molecule has 1 saturated heterocycles. The van der Waals surface area contributed by atoms with Crippen molar-refractivity contribution in [3.8, 4) is 0 Å². The van der Waals surface area contributed by atoms with Crippen molar-refractivity contribution in [3.05, 3.63) is 29.7 Å². The fraction of sp³-hybridized carbons (Fsp3) is 0.385. The summed E-state index contributed by atoms with van der Waals surface area (Å²) in [7, 11) is 0. The summed E-state index contributed by atoms with van der Waals surface area (Å²) >= 11 is 1.46. The number of anilines is 2. The van der Waals surface area contributed by atoms with E-state index in [1.165, 1.54) is 18.3 Å². The zero-order valence-electron chi connectivity index (χ0n) is 11.1. The Hall–Kier alpha value is -2.02. The largest absolute Gasteiger partial charge is 0.347 e. The summed E-state index contributed by atoms with van der Waals surface area (Å²) in [4.78, 5) is 26.3. The first kappa shape index (κ1) is 13.0. The molecule has 2 aromatic heterocycles. The molecule has 1 aliphatic rings. The van der Waals surface area contributed by atoms with Crippen LogP contribution in [0.15, 0.2) is 24.0 Å². The SMILES string of the molecule is CC(=O)Nc1nc(C2CCCN2c2cnccn2)cs1. The van der Waals surface area contributed by atoms with Gasteiger partial charge in [0, 0.05) is 31.2 Å². The quantitative estimate of drug-likeness (QED) is 0.938. The molecule has 7 heteroatoms. The van der Waals surface area contributed by atoms with Crippen LogP contribution in [-0.2, 0) is 4.79 Å². The van der Waals surface area contributed by atoms with Gasteiger partial charge in [0.25, 0.3) is 0 Å². The minimum atomic E-state index is -0.0943. The van der Waals surface area contributed by atoms with E-state index in [4.69, 9.17) is 0 Å². The van der Waals surface area contributed by atoms with Gasteiger partial charge in [0.05, 0.1) is 17.9 Å². The van der Waals surface area contributed by atoms with Gasteiger partial charge in [-0.3, -0.25) is 9.78 Å². The third kappa shape index (κ3) is 2.62. The molecule has 0 radical (unpaired) electrons. The normalized spacial score (nSPS) is 18.2. The predicted octanol–water partition coefficient (Wildman–Crippen LogP) is 2.23. The lowest BCUT2D eigenvalue weighted by molar-refractivity contribution is -0.114. The van der Waals surface area contributed by atoms with Crippen molar-refractivity contribution in [3.63, 3.8) is 0 Å². The number of thiazole rings is 1. The number of carbonyl (C=O) groups excluding carboxylic acids is 1. The van der Waals surface area contributed by atoms with Crippen LogP contribution >= 0.6 is 11.3 Å². The molecule has 1 atom stereocenters. The fourth-order valence-corrected chi connectivity index (χ4v) is 3.24. The summed E-state index contributed by atoms with van der Waals surface area (Å²) < 4.78 is 0. The third-order valence-electron chi connectivity index (χ3n) is 3.24. The lowest BCUT2D eigenvalue weighted by Gasteiger charge is -2.23. The highest BCUT2D eigenvalue weighted by Crippen LogP contribution is 2.35. The van der Waals surface area contributed by atoms with Crippen molar-refractivity contribution in [2.45, 2.75) is 25.8 Å². The molecule has 1 unspecified atom stereocenters. The molecule has 2 aromatic rings.